The van der Waals surface area contributed by atoms with Crippen molar-refractivity contribution in [2.45, 2.75) is 19.3 Å². The summed E-state index contributed by atoms with van der Waals surface area (Å²) in [6.45, 7) is 5.12. The molecule has 0 bridgehead atoms. The summed E-state index contributed by atoms with van der Waals surface area (Å²) in [4.78, 5) is 13.5. The second-order valence-electron chi connectivity index (χ2n) is 7.15. The molecule has 0 aliphatic carbocycles. The summed E-state index contributed by atoms with van der Waals surface area (Å²) in [7, 11) is 0. The van der Waals surface area contributed by atoms with Crippen LogP contribution in [0.2, 0.25) is 0 Å². The van der Waals surface area contributed by atoms with Crippen LogP contribution < -0.4 is 15.5 Å². The number of nitrogen functional groups attached to an aromatic ring is 1. The average Bonchev–Trinajstić information content (AvgIpc) is 2.70. The molecule has 3 heterocycles. The Morgan fingerprint density at radius 2 is 1.54 bits per heavy atom. The molecule has 26 heavy (non-hydrogen) atoms. The van der Waals surface area contributed by atoms with Gasteiger partial charge < -0.3 is 20.3 Å². The minimum absolute atomic E-state index is 0.705. The van der Waals surface area contributed by atoms with Crippen molar-refractivity contribution in [3.8, 4) is 0 Å². The minimum Gasteiger partial charge on any atom is -0.393 e. The van der Waals surface area contributed by atoms with Gasteiger partial charge in [0, 0.05) is 26.2 Å². The fourth-order valence-electron chi connectivity index (χ4n) is 3.95. The predicted octanol–water partition coefficient (Wildman–Crippen LogP) is 2.35. The van der Waals surface area contributed by atoms with Crippen LogP contribution in [0.15, 0.2) is 36.7 Å². The van der Waals surface area contributed by atoms with E-state index >= 15 is 0 Å². The maximum Gasteiger partial charge on any atom is 0.157 e. The molecule has 2 aromatic rings. The molecule has 2 saturated heterocycles. The van der Waals surface area contributed by atoms with Crippen molar-refractivity contribution >= 4 is 17.3 Å². The maximum absolute atomic E-state index is 6.45. The summed E-state index contributed by atoms with van der Waals surface area (Å²) in [5.74, 6) is 2.47. The SMILES string of the molecule is Nc1c(N2CCOCC2)ncnc1N1CCC(Cc2ccccc2)CC1. The first-order chi connectivity index (χ1) is 12.8. The largest absolute Gasteiger partial charge is 0.393 e. The lowest BCUT2D eigenvalue weighted by Gasteiger charge is -2.35. The molecule has 0 unspecified atom stereocenters. The standard InChI is InChI=1S/C20H27N5O/c21-18-19(22-15-23-20(18)25-10-12-26-13-11-25)24-8-6-17(7-9-24)14-16-4-2-1-3-5-16/h1-5,15,17H,6-14,21H2. The molecule has 0 atom stereocenters. The average molecular weight is 353 g/mol. The van der Waals surface area contributed by atoms with Crippen molar-refractivity contribution in [1.29, 1.82) is 0 Å². The third kappa shape index (κ3) is 3.75. The van der Waals surface area contributed by atoms with E-state index in [0.29, 0.717) is 5.69 Å². The number of morpholine rings is 1. The van der Waals surface area contributed by atoms with Crippen LogP contribution in [-0.2, 0) is 11.2 Å². The molecule has 1 aromatic heterocycles. The highest BCUT2D eigenvalue weighted by Crippen LogP contribution is 2.32. The van der Waals surface area contributed by atoms with Gasteiger partial charge in [0.2, 0.25) is 0 Å². The Bertz CT molecular complexity index is 709. The molecule has 4 rings (SSSR count). The first-order valence-electron chi connectivity index (χ1n) is 9.53. The molecule has 2 N–H and O–H groups in total. The number of aromatic nitrogens is 2. The van der Waals surface area contributed by atoms with Gasteiger partial charge in [-0.1, -0.05) is 30.3 Å². The van der Waals surface area contributed by atoms with Gasteiger partial charge in [-0.3, -0.25) is 0 Å². The number of ether oxygens (including phenoxy) is 1. The number of benzene rings is 1. The van der Waals surface area contributed by atoms with Gasteiger partial charge in [-0.25, -0.2) is 9.97 Å². The van der Waals surface area contributed by atoms with E-state index in [4.69, 9.17) is 10.5 Å². The highest BCUT2D eigenvalue weighted by molar-refractivity contribution is 5.75. The molecule has 0 saturated carbocycles. The van der Waals surface area contributed by atoms with Crippen LogP contribution in [0.5, 0.6) is 0 Å². The van der Waals surface area contributed by atoms with Crippen LogP contribution in [0.3, 0.4) is 0 Å². The minimum atomic E-state index is 0.705. The quantitative estimate of drug-likeness (QED) is 0.910. The zero-order chi connectivity index (χ0) is 17.8. The van der Waals surface area contributed by atoms with Crippen LogP contribution in [0.4, 0.5) is 17.3 Å². The Morgan fingerprint density at radius 3 is 2.19 bits per heavy atom. The summed E-state index contributed by atoms with van der Waals surface area (Å²) < 4.78 is 5.43. The summed E-state index contributed by atoms with van der Waals surface area (Å²) in [5.41, 5.74) is 8.59. The van der Waals surface area contributed by atoms with Crippen LogP contribution in [0.25, 0.3) is 0 Å². The maximum atomic E-state index is 6.45. The molecule has 6 heteroatoms. The van der Waals surface area contributed by atoms with Crippen LogP contribution in [0.1, 0.15) is 18.4 Å². The summed E-state index contributed by atoms with van der Waals surface area (Å²) in [6, 6.07) is 10.8. The Morgan fingerprint density at radius 1 is 0.923 bits per heavy atom. The Balaban J connectivity index is 1.41. The van der Waals surface area contributed by atoms with Gasteiger partial charge in [-0.05, 0) is 30.7 Å². The lowest BCUT2D eigenvalue weighted by Crippen LogP contribution is -2.38. The van der Waals surface area contributed by atoms with Crippen LogP contribution in [0, 0.1) is 5.92 Å². The fourth-order valence-corrected chi connectivity index (χ4v) is 3.95. The molecule has 2 aliphatic rings. The molecule has 2 fully saturated rings. The summed E-state index contributed by atoms with van der Waals surface area (Å²) in [6.07, 6.45) is 5.15. The number of nitrogens with two attached hydrogens (primary N) is 1. The third-order valence-corrected chi connectivity index (χ3v) is 5.43. The van der Waals surface area contributed by atoms with Gasteiger partial charge in [-0.2, -0.15) is 0 Å². The van der Waals surface area contributed by atoms with Gasteiger partial charge in [0.05, 0.1) is 13.2 Å². The van der Waals surface area contributed by atoms with Gasteiger partial charge >= 0.3 is 0 Å². The van der Waals surface area contributed by atoms with Crippen LogP contribution in [-0.4, -0.2) is 49.4 Å². The van der Waals surface area contributed by atoms with E-state index in [1.165, 1.54) is 18.4 Å². The molecule has 0 amide bonds. The van der Waals surface area contributed by atoms with Gasteiger partial charge in [0.15, 0.2) is 11.6 Å². The fraction of sp³-hybridized carbons (Fsp3) is 0.500. The Kier molecular flexibility index (Phi) is 5.20. The second kappa shape index (κ2) is 7.91. The molecule has 6 nitrogen and oxygen atoms in total. The van der Waals surface area contributed by atoms with E-state index in [1.807, 2.05) is 0 Å². The summed E-state index contributed by atoms with van der Waals surface area (Å²) in [5, 5.41) is 0. The summed E-state index contributed by atoms with van der Waals surface area (Å²) >= 11 is 0. The van der Waals surface area contributed by atoms with Crippen molar-refractivity contribution in [2.75, 3.05) is 54.9 Å². The number of hydrogen-bond acceptors (Lipinski definition) is 6. The van der Waals surface area contributed by atoms with Crippen molar-refractivity contribution in [1.82, 2.24) is 9.97 Å². The van der Waals surface area contributed by atoms with E-state index < -0.39 is 0 Å². The Labute approximate surface area is 155 Å². The third-order valence-electron chi connectivity index (χ3n) is 5.43. The molecule has 0 spiro atoms. The number of hydrogen-bond donors (Lipinski definition) is 1. The van der Waals surface area contributed by atoms with E-state index in [-0.39, 0.29) is 0 Å². The van der Waals surface area contributed by atoms with Crippen LogP contribution >= 0.6 is 0 Å². The smallest absolute Gasteiger partial charge is 0.157 e. The normalized spacial score (nSPS) is 18.9. The topological polar surface area (TPSA) is 67.5 Å². The number of nitrogens with zero attached hydrogens (tertiary/aromatic N) is 4. The molecular formula is C20H27N5O. The van der Waals surface area contributed by atoms with Crippen molar-refractivity contribution in [2.24, 2.45) is 5.92 Å². The lowest BCUT2D eigenvalue weighted by atomic mass is 9.90. The lowest BCUT2D eigenvalue weighted by molar-refractivity contribution is 0.122. The zero-order valence-corrected chi connectivity index (χ0v) is 15.2. The number of rotatable bonds is 4. The van der Waals surface area contributed by atoms with E-state index in [1.54, 1.807) is 6.33 Å². The van der Waals surface area contributed by atoms with E-state index in [9.17, 15) is 0 Å². The van der Waals surface area contributed by atoms with E-state index in [2.05, 4.69) is 50.1 Å². The molecule has 1 aromatic carbocycles. The van der Waals surface area contributed by atoms with E-state index in [0.717, 1.165) is 63.4 Å². The van der Waals surface area contributed by atoms with Crippen molar-refractivity contribution in [3.05, 3.63) is 42.2 Å². The van der Waals surface area contributed by atoms with Crippen molar-refractivity contribution in [3.63, 3.8) is 0 Å². The van der Waals surface area contributed by atoms with Gasteiger partial charge in [0.1, 0.15) is 12.0 Å². The highest BCUT2D eigenvalue weighted by Gasteiger charge is 2.24. The highest BCUT2D eigenvalue weighted by atomic mass is 16.5. The Hall–Kier alpha value is -2.34. The van der Waals surface area contributed by atoms with Gasteiger partial charge in [0.25, 0.3) is 0 Å². The second-order valence-corrected chi connectivity index (χ2v) is 7.15. The molecule has 2 aliphatic heterocycles. The first-order valence-corrected chi connectivity index (χ1v) is 9.53. The number of piperidine rings is 1. The molecular weight excluding hydrogens is 326 g/mol. The van der Waals surface area contributed by atoms with Gasteiger partial charge in [-0.15, -0.1) is 0 Å². The zero-order valence-electron chi connectivity index (χ0n) is 15.2. The predicted molar refractivity (Wildman–Crippen MR) is 105 cm³/mol. The van der Waals surface area contributed by atoms with Crippen molar-refractivity contribution < 1.29 is 4.74 Å². The molecule has 138 valence electrons. The monoisotopic (exact) mass is 353 g/mol. The first kappa shape index (κ1) is 17.1. The molecule has 0 radical (unpaired) electrons. The number of anilines is 3.